The van der Waals surface area contributed by atoms with Crippen LogP contribution in [0.2, 0.25) is 0 Å². The molecule has 1 spiro atoms. The van der Waals surface area contributed by atoms with Crippen molar-refractivity contribution in [3.63, 3.8) is 0 Å². The molecule has 2 aliphatic rings. The molecule has 0 atom stereocenters. The average Bonchev–Trinajstić information content (AvgIpc) is 2.58. The van der Waals surface area contributed by atoms with Gasteiger partial charge >= 0.3 is 0 Å². The first kappa shape index (κ1) is 15.5. The van der Waals surface area contributed by atoms with Gasteiger partial charge in [-0.05, 0) is 38.2 Å². The first-order valence-electron chi connectivity index (χ1n) is 8.40. The lowest BCUT2D eigenvalue weighted by molar-refractivity contribution is -0.169. The largest absolute Gasteiger partial charge is 0.363 e. The van der Waals surface area contributed by atoms with E-state index in [0.717, 1.165) is 45.3 Å². The highest BCUT2D eigenvalue weighted by Crippen LogP contribution is 2.34. The van der Waals surface area contributed by atoms with E-state index in [1.165, 1.54) is 5.56 Å². The molecule has 2 fully saturated rings. The third-order valence-electron chi connectivity index (χ3n) is 5.05. The molecule has 0 bridgehead atoms. The van der Waals surface area contributed by atoms with E-state index in [4.69, 9.17) is 4.74 Å². The van der Waals surface area contributed by atoms with Gasteiger partial charge in [0.05, 0.1) is 5.60 Å². The van der Waals surface area contributed by atoms with Crippen molar-refractivity contribution < 1.29 is 9.53 Å². The van der Waals surface area contributed by atoms with E-state index in [0.29, 0.717) is 6.04 Å². The summed E-state index contributed by atoms with van der Waals surface area (Å²) in [7, 11) is 0. The molecule has 1 amide bonds. The smallest absolute Gasteiger partial charge is 0.248 e. The molecule has 4 heteroatoms. The Bertz CT molecular complexity index is 495. The summed E-state index contributed by atoms with van der Waals surface area (Å²) in [5.41, 5.74) is 1.24. The van der Waals surface area contributed by atoms with Crippen molar-refractivity contribution in [1.29, 1.82) is 0 Å². The Morgan fingerprint density at radius 1 is 1.27 bits per heavy atom. The highest BCUT2D eigenvalue weighted by atomic mass is 16.5. The van der Waals surface area contributed by atoms with E-state index in [1.54, 1.807) is 0 Å². The van der Waals surface area contributed by atoms with E-state index in [2.05, 4.69) is 35.6 Å². The van der Waals surface area contributed by atoms with Crippen molar-refractivity contribution in [3.05, 3.63) is 35.9 Å². The Morgan fingerprint density at radius 3 is 2.68 bits per heavy atom. The molecule has 1 heterocycles. The normalized spacial score (nSPS) is 29.0. The number of nitrogens with one attached hydrogen (secondary N) is 1. The molecule has 0 aromatic heterocycles. The number of hydrogen-bond acceptors (Lipinski definition) is 3. The topological polar surface area (TPSA) is 41.6 Å². The molecule has 1 aromatic carbocycles. The van der Waals surface area contributed by atoms with Crippen LogP contribution >= 0.6 is 0 Å². The van der Waals surface area contributed by atoms with Crippen molar-refractivity contribution >= 4 is 5.91 Å². The monoisotopic (exact) mass is 302 g/mol. The van der Waals surface area contributed by atoms with Crippen LogP contribution in [0, 0.1) is 0 Å². The molecule has 1 aliphatic carbocycles. The van der Waals surface area contributed by atoms with Crippen LogP contribution in [0.15, 0.2) is 30.3 Å². The van der Waals surface area contributed by atoms with E-state index in [9.17, 15) is 4.79 Å². The number of carbonyl (C=O) groups is 1. The van der Waals surface area contributed by atoms with E-state index < -0.39 is 0 Å². The number of rotatable bonds is 4. The van der Waals surface area contributed by atoms with Crippen LogP contribution in [0.4, 0.5) is 0 Å². The molecule has 4 nitrogen and oxygen atoms in total. The number of benzene rings is 1. The molecule has 22 heavy (non-hydrogen) atoms. The zero-order chi connectivity index (χ0) is 15.4. The molecule has 0 unspecified atom stereocenters. The van der Waals surface area contributed by atoms with Gasteiger partial charge in [-0.1, -0.05) is 30.3 Å². The maximum atomic E-state index is 11.8. The highest BCUT2D eigenvalue weighted by molar-refractivity contribution is 5.78. The summed E-state index contributed by atoms with van der Waals surface area (Å²) in [4.78, 5) is 13.7. The van der Waals surface area contributed by atoms with Crippen molar-refractivity contribution in [2.24, 2.45) is 0 Å². The van der Waals surface area contributed by atoms with E-state index >= 15 is 0 Å². The number of likely N-dealkylation sites (N-methyl/N-ethyl adjacent to an activating group) is 1. The van der Waals surface area contributed by atoms with Gasteiger partial charge in [-0.3, -0.25) is 4.79 Å². The zero-order valence-corrected chi connectivity index (χ0v) is 13.4. The van der Waals surface area contributed by atoms with Crippen LogP contribution in [-0.2, 0) is 16.1 Å². The van der Waals surface area contributed by atoms with E-state index in [1.807, 2.05) is 11.8 Å². The Morgan fingerprint density at radius 2 is 2.00 bits per heavy atom. The number of hydrogen-bond donors (Lipinski definition) is 1. The molecule has 1 saturated heterocycles. The Hall–Kier alpha value is -1.39. The summed E-state index contributed by atoms with van der Waals surface area (Å²) in [6.45, 7) is 4.80. The molecule has 1 N–H and O–H groups in total. The van der Waals surface area contributed by atoms with Crippen LogP contribution in [0.3, 0.4) is 0 Å². The van der Waals surface area contributed by atoms with Crippen molar-refractivity contribution in [1.82, 2.24) is 10.2 Å². The summed E-state index contributed by atoms with van der Waals surface area (Å²) in [5, 5.41) is 3.66. The molecular weight excluding hydrogens is 276 g/mol. The van der Waals surface area contributed by atoms with Gasteiger partial charge in [0.1, 0.15) is 6.61 Å². The SMILES string of the molecule is CCN1CC2(CCC(NCc3ccccc3)CC2)OCC1=O. The highest BCUT2D eigenvalue weighted by Gasteiger charge is 2.41. The summed E-state index contributed by atoms with van der Waals surface area (Å²) in [6, 6.07) is 11.1. The first-order valence-corrected chi connectivity index (χ1v) is 8.40. The Labute approximate surface area is 132 Å². The van der Waals surface area contributed by atoms with E-state index in [-0.39, 0.29) is 18.1 Å². The number of nitrogens with zero attached hydrogens (tertiary/aromatic N) is 1. The second-order valence-electron chi connectivity index (χ2n) is 6.52. The van der Waals surface area contributed by atoms with Crippen LogP contribution in [-0.4, -0.2) is 42.1 Å². The molecule has 120 valence electrons. The number of amides is 1. The number of ether oxygens (including phenoxy) is 1. The van der Waals surface area contributed by atoms with Gasteiger partial charge in [-0.25, -0.2) is 0 Å². The zero-order valence-electron chi connectivity index (χ0n) is 13.4. The lowest BCUT2D eigenvalue weighted by Gasteiger charge is -2.46. The minimum Gasteiger partial charge on any atom is -0.363 e. The fourth-order valence-electron chi connectivity index (χ4n) is 3.58. The van der Waals surface area contributed by atoms with Crippen molar-refractivity contribution in [2.45, 2.75) is 50.8 Å². The summed E-state index contributed by atoms with van der Waals surface area (Å²) < 4.78 is 5.94. The second-order valence-corrected chi connectivity index (χ2v) is 6.52. The first-order chi connectivity index (χ1) is 10.7. The molecule has 0 radical (unpaired) electrons. The van der Waals surface area contributed by atoms with Gasteiger partial charge in [0.2, 0.25) is 5.91 Å². The van der Waals surface area contributed by atoms with Crippen LogP contribution in [0.5, 0.6) is 0 Å². The predicted octanol–water partition coefficient (Wildman–Crippen LogP) is 2.34. The Balaban J connectivity index is 1.49. The summed E-state index contributed by atoms with van der Waals surface area (Å²) >= 11 is 0. The fourth-order valence-corrected chi connectivity index (χ4v) is 3.58. The maximum absolute atomic E-state index is 11.8. The van der Waals surface area contributed by atoms with Crippen molar-refractivity contribution in [2.75, 3.05) is 19.7 Å². The minimum absolute atomic E-state index is 0.0884. The standard InChI is InChI=1S/C18H26N2O2/c1-2-20-14-18(22-13-17(20)21)10-8-16(9-11-18)19-12-15-6-4-3-5-7-15/h3-7,16,19H,2,8-14H2,1H3. The number of morpholine rings is 1. The minimum atomic E-state index is -0.0884. The molecule has 3 rings (SSSR count). The van der Waals surface area contributed by atoms with Crippen LogP contribution < -0.4 is 5.32 Å². The average molecular weight is 302 g/mol. The van der Waals surface area contributed by atoms with Crippen LogP contribution in [0.25, 0.3) is 0 Å². The lowest BCUT2D eigenvalue weighted by Crippen LogP contribution is -2.56. The molecule has 1 aliphatic heterocycles. The third-order valence-corrected chi connectivity index (χ3v) is 5.05. The fraction of sp³-hybridized carbons (Fsp3) is 0.611. The van der Waals surface area contributed by atoms with Gasteiger partial charge in [-0.2, -0.15) is 0 Å². The van der Waals surface area contributed by atoms with Crippen molar-refractivity contribution in [3.8, 4) is 0 Å². The third kappa shape index (κ3) is 3.50. The van der Waals surface area contributed by atoms with Gasteiger partial charge < -0.3 is 15.0 Å². The summed E-state index contributed by atoms with van der Waals surface area (Å²) in [6.07, 6.45) is 4.34. The van der Waals surface area contributed by atoms with Crippen LogP contribution in [0.1, 0.15) is 38.2 Å². The van der Waals surface area contributed by atoms with Gasteiger partial charge in [0, 0.05) is 25.7 Å². The van der Waals surface area contributed by atoms with Gasteiger partial charge in [0.25, 0.3) is 0 Å². The quantitative estimate of drug-likeness (QED) is 0.928. The van der Waals surface area contributed by atoms with Gasteiger partial charge in [0.15, 0.2) is 0 Å². The Kier molecular flexibility index (Phi) is 4.79. The second kappa shape index (κ2) is 6.80. The predicted molar refractivity (Wildman–Crippen MR) is 86.5 cm³/mol. The molecule has 1 aromatic rings. The molecular formula is C18H26N2O2. The van der Waals surface area contributed by atoms with Gasteiger partial charge in [-0.15, -0.1) is 0 Å². The lowest BCUT2D eigenvalue weighted by atomic mass is 9.80. The molecule has 1 saturated carbocycles. The maximum Gasteiger partial charge on any atom is 0.248 e. The summed E-state index contributed by atoms with van der Waals surface area (Å²) in [5.74, 6) is 0.137. The number of carbonyl (C=O) groups excluding carboxylic acids is 1.